The van der Waals surface area contributed by atoms with E-state index in [4.69, 9.17) is 4.74 Å². The van der Waals surface area contributed by atoms with E-state index in [-0.39, 0.29) is 10.5 Å². The molecule has 0 unspecified atom stereocenters. The van der Waals surface area contributed by atoms with Crippen molar-refractivity contribution >= 4 is 21.9 Å². The number of rotatable bonds is 8. The fourth-order valence-corrected chi connectivity index (χ4v) is 3.49. The summed E-state index contributed by atoms with van der Waals surface area (Å²) < 4.78 is 31.8. The SMILES string of the molecule is CCOC(=O)/C=C/CCc1ccccc1C(=O)NS(=O)(=O)c1ccc(C)cc1. The molecule has 0 radical (unpaired) electrons. The zero-order valence-corrected chi connectivity index (χ0v) is 16.7. The van der Waals surface area contributed by atoms with Crippen LogP contribution in [0, 0.1) is 6.92 Å². The Morgan fingerprint density at radius 2 is 1.75 bits per heavy atom. The van der Waals surface area contributed by atoms with E-state index in [1.54, 1.807) is 49.4 Å². The number of allylic oxidation sites excluding steroid dienone is 1. The molecule has 0 aromatic heterocycles. The van der Waals surface area contributed by atoms with Crippen molar-refractivity contribution in [3.63, 3.8) is 0 Å². The van der Waals surface area contributed by atoms with Crippen LogP contribution in [0.2, 0.25) is 0 Å². The fourth-order valence-electron chi connectivity index (χ4n) is 2.52. The molecule has 0 bridgehead atoms. The molecule has 0 saturated heterocycles. The summed E-state index contributed by atoms with van der Waals surface area (Å²) in [5.74, 6) is -1.11. The Labute approximate surface area is 165 Å². The van der Waals surface area contributed by atoms with E-state index in [1.807, 2.05) is 6.92 Å². The molecule has 0 aliphatic heterocycles. The minimum atomic E-state index is -3.96. The summed E-state index contributed by atoms with van der Waals surface area (Å²) in [6, 6.07) is 13.0. The first-order valence-electron chi connectivity index (χ1n) is 8.88. The van der Waals surface area contributed by atoms with Gasteiger partial charge in [0.2, 0.25) is 0 Å². The topological polar surface area (TPSA) is 89.5 Å². The van der Waals surface area contributed by atoms with Gasteiger partial charge in [0.15, 0.2) is 0 Å². The maximum atomic E-state index is 12.6. The van der Waals surface area contributed by atoms with Crippen molar-refractivity contribution in [3.8, 4) is 0 Å². The van der Waals surface area contributed by atoms with Crippen LogP contribution >= 0.6 is 0 Å². The lowest BCUT2D eigenvalue weighted by atomic mass is 10.0. The molecule has 148 valence electrons. The zero-order valence-electron chi connectivity index (χ0n) is 15.8. The van der Waals surface area contributed by atoms with E-state index >= 15 is 0 Å². The predicted octanol–water partition coefficient (Wildman–Crippen LogP) is 3.17. The lowest BCUT2D eigenvalue weighted by molar-refractivity contribution is -0.137. The number of esters is 1. The molecule has 0 spiro atoms. The van der Waals surface area contributed by atoms with Crippen LogP contribution in [0.4, 0.5) is 0 Å². The lowest BCUT2D eigenvalue weighted by Gasteiger charge is -2.10. The van der Waals surface area contributed by atoms with Gasteiger partial charge >= 0.3 is 5.97 Å². The van der Waals surface area contributed by atoms with Crippen LogP contribution in [0.5, 0.6) is 0 Å². The Hall–Kier alpha value is -2.93. The number of nitrogens with one attached hydrogen (secondary N) is 1. The molecule has 0 saturated carbocycles. The first kappa shape index (κ1) is 21.4. The van der Waals surface area contributed by atoms with E-state index in [2.05, 4.69) is 4.72 Å². The maximum Gasteiger partial charge on any atom is 0.330 e. The Morgan fingerprint density at radius 3 is 2.43 bits per heavy atom. The summed E-state index contributed by atoms with van der Waals surface area (Å²) in [6.07, 6.45) is 3.99. The zero-order chi connectivity index (χ0) is 20.6. The average Bonchev–Trinajstić information content (AvgIpc) is 2.66. The number of hydrogen-bond donors (Lipinski definition) is 1. The second-order valence-electron chi connectivity index (χ2n) is 6.10. The largest absolute Gasteiger partial charge is 0.463 e. The molecule has 0 aliphatic rings. The molecule has 6 nitrogen and oxygen atoms in total. The molecule has 1 amide bonds. The first-order valence-corrected chi connectivity index (χ1v) is 10.4. The molecule has 2 rings (SSSR count). The first-order chi connectivity index (χ1) is 13.3. The molecule has 7 heteroatoms. The van der Waals surface area contributed by atoms with Gasteiger partial charge in [-0.15, -0.1) is 0 Å². The van der Waals surface area contributed by atoms with Crippen LogP contribution in [0.25, 0.3) is 0 Å². The number of hydrogen-bond acceptors (Lipinski definition) is 5. The number of sulfonamides is 1. The number of carbonyl (C=O) groups excluding carboxylic acids is 2. The van der Waals surface area contributed by atoms with Gasteiger partial charge in [0.1, 0.15) is 0 Å². The van der Waals surface area contributed by atoms with Crippen molar-refractivity contribution in [1.29, 1.82) is 0 Å². The maximum absolute atomic E-state index is 12.6. The number of carbonyl (C=O) groups is 2. The third-order valence-corrected chi connectivity index (χ3v) is 5.29. The van der Waals surface area contributed by atoms with Gasteiger partial charge in [0, 0.05) is 11.6 Å². The Kier molecular flexibility index (Phi) is 7.52. The summed E-state index contributed by atoms with van der Waals surface area (Å²) in [7, 11) is -3.96. The second-order valence-corrected chi connectivity index (χ2v) is 7.78. The van der Waals surface area contributed by atoms with Gasteiger partial charge in [0.25, 0.3) is 15.9 Å². The summed E-state index contributed by atoms with van der Waals surface area (Å²) in [4.78, 5) is 23.9. The van der Waals surface area contributed by atoms with Crippen LogP contribution in [-0.4, -0.2) is 26.9 Å². The van der Waals surface area contributed by atoms with Crippen LogP contribution in [0.15, 0.2) is 65.6 Å². The number of ether oxygens (including phenoxy) is 1. The highest BCUT2D eigenvalue weighted by molar-refractivity contribution is 7.90. The van der Waals surface area contributed by atoms with Gasteiger partial charge in [-0.1, -0.05) is 42.0 Å². The van der Waals surface area contributed by atoms with Crippen molar-refractivity contribution in [2.75, 3.05) is 6.61 Å². The molecule has 28 heavy (non-hydrogen) atoms. The van der Waals surface area contributed by atoms with Crippen molar-refractivity contribution < 1.29 is 22.7 Å². The standard InChI is InChI=1S/C21H23NO5S/c1-3-27-20(23)11-7-5-9-17-8-4-6-10-19(17)21(24)22-28(25,26)18-14-12-16(2)13-15-18/h4,6-8,10-15H,3,5,9H2,1-2H3,(H,22,24)/b11-7+. The van der Waals surface area contributed by atoms with Crippen molar-refractivity contribution in [1.82, 2.24) is 4.72 Å². The van der Waals surface area contributed by atoms with E-state index in [0.717, 1.165) is 5.56 Å². The lowest BCUT2D eigenvalue weighted by Crippen LogP contribution is -2.31. The Balaban J connectivity index is 2.09. The highest BCUT2D eigenvalue weighted by Gasteiger charge is 2.20. The fraction of sp³-hybridized carbons (Fsp3) is 0.238. The second kappa shape index (κ2) is 9.85. The average molecular weight is 401 g/mol. The molecular formula is C21H23NO5S. The quantitative estimate of drug-likeness (QED) is 0.542. The molecule has 0 fully saturated rings. The molecule has 0 atom stereocenters. The highest BCUT2D eigenvalue weighted by atomic mass is 32.2. The molecule has 0 aliphatic carbocycles. The van der Waals surface area contributed by atoms with E-state index in [1.165, 1.54) is 18.2 Å². The van der Waals surface area contributed by atoms with Gasteiger partial charge in [-0.05, 0) is 50.5 Å². The smallest absolute Gasteiger partial charge is 0.330 e. The molecule has 2 aromatic carbocycles. The van der Waals surface area contributed by atoms with Crippen molar-refractivity contribution in [2.24, 2.45) is 0 Å². The van der Waals surface area contributed by atoms with Gasteiger partial charge < -0.3 is 4.74 Å². The van der Waals surface area contributed by atoms with E-state index in [0.29, 0.717) is 25.0 Å². The number of aryl methyl sites for hydroxylation is 2. The van der Waals surface area contributed by atoms with Gasteiger partial charge in [-0.3, -0.25) is 4.79 Å². The number of benzene rings is 2. The van der Waals surface area contributed by atoms with Gasteiger partial charge in [0.05, 0.1) is 11.5 Å². The third-order valence-electron chi connectivity index (χ3n) is 3.94. The Bertz CT molecular complexity index is 963. The molecule has 0 heterocycles. The van der Waals surface area contributed by atoms with Gasteiger partial charge in [-0.2, -0.15) is 0 Å². The Morgan fingerprint density at radius 1 is 1.07 bits per heavy atom. The van der Waals surface area contributed by atoms with Gasteiger partial charge in [-0.25, -0.2) is 17.9 Å². The van der Waals surface area contributed by atoms with Crippen molar-refractivity contribution in [2.45, 2.75) is 31.6 Å². The summed E-state index contributed by atoms with van der Waals surface area (Å²) in [6.45, 7) is 3.88. The van der Waals surface area contributed by atoms with E-state index in [9.17, 15) is 18.0 Å². The van der Waals surface area contributed by atoms with Crippen LogP contribution in [0.1, 0.15) is 34.8 Å². The number of amides is 1. The summed E-state index contributed by atoms with van der Waals surface area (Å²) in [5.41, 5.74) is 1.89. The molecule has 2 aromatic rings. The van der Waals surface area contributed by atoms with Crippen LogP contribution < -0.4 is 4.72 Å². The third kappa shape index (κ3) is 6.06. The molecular weight excluding hydrogens is 378 g/mol. The van der Waals surface area contributed by atoms with Crippen molar-refractivity contribution in [3.05, 3.63) is 77.4 Å². The minimum absolute atomic E-state index is 0.0290. The highest BCUT2D eigenvalue weighted by Crippen LogP contribution is 2.14. The summed E-state index contributed by atoms with van der Waals surface area (Å²) in [5, 5.41) is 0. The molecule has 1 N–H and O–H groups in total. The van der Waals surface area contributed by atoms with Crippen LogP contribution in [0.3, 0.4) is 0 Å². The van der Waals surface area contributed by atoms with E-state index < -0.39 is 21.9 Å². The summed E-state index contributed by atoms with van der Waals surface area (Å²) >= 11 is 0. The van der Waals surface area contributed by atoms with Crippen LogP contribution in [-0.2, 0) is 26.0 Å². The minimum Gasteiger partial charge on any atom is -0.463 e. The normalized spacial score (nSPS) is 11.4. The predicted molar refractivity (Wildman–Crippen MR) is 106 cm³/mol. The monoisotopic (exact) mass is 401 g/mol.